The number of amides is 2. The lowest BCUT2D eigenvalue weighted by Gasteiger charge is -2.37. The number of carbonyl (C=O) groups excluding carboxylic acids is 2. The van der Waals surface area contributed by atoms with Gasteiger partial charge in [-0.15, -0.1) is 0 Å². The van der Waals surface area contributed by atoms with Crippen LogP contribution in [0, 0.1) is 6.92 Å². The molecule has 0 aliphatic carbocycles. The highest BCUT2D eigenvalue weighted by molar-refractivity contribution is 6.13. The first kappa shape index (κ1) is 18.1. The number of aromatic amines is 2. The smallest absolute Gasteiger partial charge is 0.251 e. The monoisotopic (exact) mass is 400 g/mol. The molecule has 0 unspecified atom stereocenters. The molecule has 3 heterocycles. The molecule has 5 rings (SSSR count). The van der Waals surface area contributed by atoms with Crippen LogP contribution in [-0.2, 0) is 4.79 Å². The first-order valence-electron chi connectivity index (χ1n) is 9.64. The lowest BCUT2D eigenvalue weighted by atomic mass is 9.92. The Hall–Kier alpha value is -3.94. The molecule has 1 saturated heterocycles. The van der Waals surface area contributed by atoms with Crippen molar-refractivity contribution in [2.24, 2.45) is 5.73 Å². The van der Waals surface area contributed by atoms with E-state index in [1.54, 1.807) is 11.1 Å². The van der Waals surface area contributed by atoms with Gasteiger partial charge in [0.25, 0.3) is 5.91 Å². The number of aryl methyl sites for hydroxylation is 1. The quantitative estimate of drug-likeness (QED) is 0.456. The van der Waals surface area contributed by atoms with Crippen LogP contribution in [0.2, 0.25) is 0 Å². The lowest BCUT2D eigenvalue weighted by Crippen LogP contribution is -2.48. The average molecular weight is 400 g/mol. The van der Waals surface area contributed by atoms with Gasteiger partial charge in [0.1, 0.15) is 5.82 Å². The number of aromatic nitrogens is 4. The number of nitrogens with two attached hydrogens (primary N) is 1. The zero-order valence-electron chi connectivity index (χ0n) is 16.4. The maximum Gasteiger partial charge on any atom is 0.251 e. The molecular formula is C22H20N6O2. The molecule has 150 valence electrons. The summed E-state index contributed by atoms with van der Waals surface area (Å²) in [5.74, 6) is 0.217. The molecule has 0 bridgehead atoms. The molecule has 8 nitrogen and oxygen atoms in total. The van der Waals surface area contributed by atoms with Crippen molar-refractivity contribution in [1.29, 1.82) is 0 Å². The summed E-state index contributed by atoms with van der Waals surface area (Å²) in [4.78, 5) is 33.9. The summed E-state index contributed by atoms with van der Waals surface area (Å²) in [7, 11) is 0. The van der Waals surface area contributed by atoms with Crippen LogP contribution in [0.15, 0.2) is 43.1 Å². The first-order valence-corrected chi connectivity index (χ1v) is 9.64. The normalized spacial score (nSPS) is 14.2. The van der Waals surface area contributed by atoms with Crippen LogP contribution in [0.1, 0.15) is 27.7 Å². The Kier molecular flexibility index (Phi) is 3.95. The highest BCUT2D eigenvalue weighted by atomic mass is 16.2. The van der Waals surface area contributed by atoms with Gasteiger partial charge >= 0.3 is 0 Å². The molecule has 4 N–H and O–H groups in total. The van der Waals surface area contributed by atoms with Gasteiger partial charge in [0.05, 0.1) is 34.2 Å². The summed E-state index contributed by atoms with van der Waals surface area (Å²) >= 11 is 0. The number of nitrogens with zero attached hydrogens (tertiary/aromatic N) is 3. The van der Waals surface area contributed by atoms with E-state index in [0.717, 1.165) is 33.4 Å². The van der Waals surface area contributed by atoms with Gasteiger partial charge < -0.3 is 15.6 Å². The number of benzene rings is 2. The Morgan fingerprint density at radius 1 is 1.27 bits per heavy atom. The molecule has 4 aromatic rings. The molecule has 2 aromatic heterocycles. The number of likely N-dealkylation sites (tertiary alicyclic amines) is 1. The fourth-order valence-corrected chi connectivity index (χ4v) is 4.20. The van der Waals surface area contributed by atoms with Crippen molar-refractivity contribution in [3.8, 4) is 11.1 Å². The molecule has 1 fully saturated rings. The van der Waals surface area contributed by atoms with Crippen LogP contribution in [-0.4, -0.2) is 50.0 Å². The molecule has 2 aromatic carbocycles. The van der Waals surface area contributed by atoms with E-state index in [4.69, 9.17) is 5.73 Å². The van der Waals surface area contributed by atoms with E-state index in [9.17, 15) is 9.59 Å². The average Bonchev–Trinajstić information content (AvgIpc) is 3.32. The van der Waals surface area contributed by atoms with Crippen molar-refractivity contribution in [2.75, 3.05) is 13.1 Å². The Balaban J connectivity index is 1.64. The second kappa shape index (κ2) is 6.55. The molecule has 1 aliphatic heterocycles. The minimum atomic E-state index is -0.525. The second-order valence-corrected chi connectivity index (χ2v) is 7.60. The third kappa shape index (κ3) is 2.61. The Labute approximate surface area is 171 Å². The molecule has 0 atom stereocenters. The Bertz CT molecular complexity index is 1340. The number of carbonyl (C=O) groups is 2. The summed E-state index contributed by atoms with van der Waals surface area (Å²) in [6, 6.07) is 7.73. The standard InChI is InChI=1S/C22H20N6O2/c1-3-17(29)28-9-12(10-28)22-25-16-7-5-13(19(21(23)30)20(16)26-22)18-11(2)4-6-15-14(18)8-24-27-15/h3-8,12H,1,9-10H2,2H3,(H2,23,30)(H,24,27)(H,25,26). The van der Waals surface area contributed by atoms with Gasteiger partial charge in [-0.3, -0.25) is 14.7 Å². The predicted molar refractivity (Wildman–Crippen MR) is 114 cm³/mol. The highest BCUT2D eigenvalue weighted by Gasteiger charge is 2.33. The lowest BCUT2D eigenvalue weighted by molar-refractivity contribution is -0.130. The summed E-state index contributed by atoms with van der Waals surface area (Å²) in [6.45, 7) is 6.65. The summed E-state index contributed by atoms with van der Waals surface area (Å²) in [5.41, 5.74) is 11.1. The van der Waals surface area contributed by atoms with Gasteiger partial charge in [-0.25, -0.2) is 4.98 Å². The number of hydrogen-bond acceptors (Lipinski definition) is 4. The van der Waals surface area contributed by atoms with E-state index in [1.807, 2.05) is 31.2 Å². The van der Waals surface area contributed by atoms with Crippen molar-refractivity contribution in [3.05, 3.63) is 60.1 Å². The number of hydrogen-bond donors (Lipinski definition) is 3. The van der Waals surface area contributed by atoms with E-state index < -0.39 is 5.91 Å². The van der Waals surface area contributed by atoms with Crippen LogP contribution >= 0.6 is 0 Å². The zero-order valence-corrected chi connectivity index (χ0v) is 16.4. The van der Waals surface area contributed by atoms with Gasteiger partial charge in [-0.05, 0) is 41.8 Å². The third-order valence-electron chi connectivity index (χ3n) is 5.78. The minimum Gasteiger partial charge on any atom is -0.366 e. The molecular weight excluding hydrogens is 380 g/mol. The topological polar surface area (TPSA) is 121 Å². The molecule has 0 saturated carbocycles. The molecule has 1 aliphatic rings. The SMILES string of the molecule is C=CC(=O)N1CC(c2nc3ccc(-c4c(C)ccc5[nH]ncc45)c(C(N)=O)c3[nH]2)C1. The zero-order chi connectivity index (χ0) is 21.0. The molecule has 0 spiro atoms. The summed E-state index contributed by atoms with van der Waals surface area (Å²) in [5, 5.41) is 8.03. The van der Waals surface area contributed by atoms with Gasteiger partial charge in [0.2, 0.25) is 5.91 Å². The van der Waals surface area contributed by atoms with Gasteiger partial charge in [-0.1, -0.05) is 18.7 Å². The first-order chi connectivity index (χ1) is 14.5. The molecule has 8 heteroatoms. The number of H-pyrrole nitrogens is 2. The van der Waals surface area contributed by atoms with Crippen molar-refractivity contribution in [1.82, 2.24) is 25.1 Å². The van der Waals surface area contributed by atoms with Crippen molar-refractivity contribution >= 4 is 33.8 Å². The number of imidazole rings is 1. The molecule has 30 heavy (non-hydrogen) atoms. The fraction of sp³-hybridized carbons (Fsp3) is 0.182. The van der Waals surface area contributed by atoms with E-state index in [0.29, 0.717) is 29.7 Å². The summed E-state index contributed by atoms with van der Waals surface area (Å²) < 4.78 is 0. The largest absolute Gasteiger partial charge is 0.366 e. The van der Waals surface area contributed by atoms with Crippen LogP contribution in [0.3, 0.4) is 0 Å². The van der Waals surface area contributed by atoms with E-state index in [-0.39, 0.29) is 11.8 Å². The van der Waals surface area contributed by atoms with Crippen LogP contribution in [0.25, 0.3) is 33.1 Å². The van der Waals surface area contributed by atoms with Crippen LogP contribution < -0.4 is 5.73 Å². The van der Waals surface area contributed by atoms with Crippen molar-refractivity contribution in [3.63, 3.8) is 0 Å². The predicted octanol–water partition coefficient (Wildman–Crippen LogP) is 2.63. The summed E-state index contributed by atoms with van der Waals surface area (Å²) in [6.07, 6.45) is 3.07. The minimum absolute atomic E-state index is 0.0875. The van der Waals surface area contributed by atoms with E-state index in [2.05, 4.69) is 26.7 Å². The van der Waals surface area contributed by atoms with Gasteiger partial charge in [-0.2, -0.15) is 5.10 Å². The van der Waals surface area contributed by atoms with E-state index >= 15 is 0 Å². The molecule has 0 radical (unpaired) electrons. The molecule has 2 amide bonds. The van der Waals surface area contributed by atoms with Crippen LogP contribution in [0.5, 0.6) is 0 Å². The van der Waals surface area contributed by atoms with Crippen molar-refractivity contribution in [2.45, 2.75) is 12.8 Å². The highest BCUT2D eigenvalue weighted by Crippen LogP contribution is 2.37. The number of nitrogens with one attached hydrogen (secondary N) is 2. The second-order valence-electron chi connectivity index (χ2n) is 7.60. The maximum absolute atomic E-state index is 12.5. The fourth-order valence-electron chi connectivity index (χ4n) is 4.20. The van der Waals surface area contributed by atoms with Crippen molar-refractivity contribution < 1.29 is 9.59 Å². The number of primary amides is 1. The third-order valence-corrected chi connectivity index (χ3v) is 5.78. The van der Waals surface area contributed by atoms with E-state index in [1.165, 1.54) is 6.08 Å². The maximum atomic E-state index is 12.5. The number of rotatable bonds is 4. The van der Waals surface area contributed by atoms with Gasteiger partial charge in [0, 0.05) is 18.5 Å². The Morgan fingerprint density at radius 2 is 2.07 bits per heavy atom. The number of fused-ring (bicyclic) bond motifs is 2. The van der Waals surface area contributed by atoms with Crippen LogP contribution in [0.4, 0.5) is 0 Å². The Morgan fingerprint density at radius 3 is 2.80 bits per heavy atom. The van der Waals surface area contributed by atoms with Gasteiger partial charge in [0.15, 0.2) is 0 Å².